The van der Waals surface area contributed by atoms with E-state index in [0.29, 0.717) is 23.5 Å². The number of aromatic nitrogens is 4. The third-order valence-corrected chi connectivity index (χ3v) is 3.21. The highest BCUT2D eigenvalue weighted by Gasteiger charge is 2.37. The summed E-state index contributed by atoms with van der Waals surface area (Å²) in [5, 5.41) is 6.16. The monoisotopic (exact) mass is 315 g/mol. The molecule has 9 heteroatoms. The van der Waals surface area contributed by atoms with Gasteiger partial charge in [0.15, 0.2) is 0 Å². The number of fused-ring (bicyclic) bond motifs is 1. The minimum absolute atomic E-state index is 0.0435. The predicted octanol–water partition coefficient (Wildman–Crippen LogP) is 1.83. The quantitative estimate of drug-likeness (QED) is 0.934. The van der Waals surface area contributed by atoms with Gasteiger partial charge in [0.05, 0.1) is 6.42 Å². The van der Waals surface area contributed by atoms with Crippen molar-refractivity contribution in [1.82, 2.24) is 24.9 Å². The molecule has 22 heavy (non-hydrogen) atoms. The molecule has 0 saturated carbocycles. The molecule has 0 aromatic carbocycles. The van der Waals surface area contributed by atoms with Gasteiger partial charge in [-0.2, -0.15) is 18.2 Å². The van der Waals surface area contributed by atoms with Crippen molar-refractivity contribution < 1.29 is 18.0 Å². The average Bonchev–Trinajstić information content (AvgIpc) is 2.85. The zero-order valence-electron chi connectivity index (χ0n) is 12.5. The molecule has 0 radical (unpaired) electrons. The van der Waals surface area contributed by atoms with Gasteiger partial charge in [-0.15, -0.1) is 5.10 Å². The highest BCUT2D eigenvalue weighted by atomic mass is 19.4. The van der Waals surface area contributed by atoms with Gasteiger partial charge in [-0.1, -0.05) is 6.92 Å². The summed E-state index contributed by atoms with van der Waals surface area (Å²) in [6, 6.07) is 0. The van der Waals surface area contributed by atoms with E-state index < -0.39 is 12.0 Å². The molecule has 0 aliphatic heterocycles. The van der Waals surface area contributed by atoms with Crippen LogP contribution in [0.25, 0.3) is 5.78 Å². The molecule has 0 bridgehead atoms. The molecule has 0 unspecified atom stereocenters. The minimum Gasteiger partial charge on any atom is -0.356 e. The van der Waals surface area contributed by atoms with Crippen molar-refractivity contribution in [2.75, 3.05) is 6.54 Å². The fourth-order valence-electron chi connectivity index (χ4n) is 2.07. The Morgan fingerprint density at radius 3 is 2.55 bits per heavy atom. The van der Waals surface area contributed by atoms with E-state index in [-0.39, 0.29) is 18.1 Å². The number of nitrogens with one attached hydrogen (secondary N) is 1. The Labute approximate surface area is 124 Å². The van der Waals surface area contributed by atoms with Crippen LogP contribution in [0.5, 0.6) is 0 Å². The third-order valence-electron chi connectivity index (χ3n) is 3.21. The molecule has 2 heterocycles. The number of nitrogens with zero attached hydrogens (tertiary/aromatic N) is 4. The van der Waals surface area contributed by atoms with E-state index >= 15 is 0 Å². The Hall–Kier alpha value is -2.19. The number of rotatable bonds is 4. The average molecular weight is 315 g/mol. The van der Waals surface area contributed by atoms with Crippen molar-refractivity contribution in [1.29, 1.82) is 0 Å². The number of hydrogen-bond donors (Lipinski definition) is 1. The number of alkyl halides is 3. The van der Waals surface area contributed by atoms with Gasteiger partial charge in [0.2, 0.25) is 5.91 Å². The Kier molecular flexibility index (Phi) is 4.34. The van der Waals surface area contributed by atoms with Crippen molar-refractivity contribution in [3.63, 3.8) is 0 Å². The van der Waals surface area contributed by atoms with E-state index in [0.717, 1.165) is 10.9 Å². The first-order valence-electron chi connectivity index (χ1n) is 6.80. The lowest BCUT2D eigenvalue weighted by atomic mass is 10.1. The van der Waals surface area contributed by atoms with E-state index in [1.165, 1.54) is 0 Å². The van der Waals surface area contributed by atoms with Crippen LogP contribution < -0.4 is 5.32 Å². The molecular formula is C13H16F3N5O. The zero-order chi connectivity index (χ0) is 16.5. The molecule has 0 spiro atoms. The van der Waals surface area contributed by atoms with Crippen LogP contribution in [0.4, 0.5) is 13.2 Å². The Morgan fingerprint density at radius 2 is 1.95 bits per heavy atom. The Bertz CT molecular complexity index is 708. The van der Waals surface area contributed by atoms with Crippen LogP contribution in [-0.4, -0.2) is 32.0 Å². The third kappa shape index (κ3) is 3.18. The molecule has 0 aliphatic carbocycles. The summed E-state index contributed by atoms with van der Waals surface area (Å²) in [6.45, 7) is 5.71. The maximum atomic E-state index is 12.7. The smallest absolute Gasteiger partial charge is 0.356 e. The lowest BCUT2D eigenvalue weighted by Crippen LogP contribution is -2.26. The van der Waals surface area contributed by atoms with E-state index in [1.54, 1.807) is 13.8 Å². The topological polar surface area (TPSA) is 72.2 Å². The summed E-state index contributed by atoms with van der Waals surface area (Å²) in [5.74, 6) is -1.57. The minimum atomic E-state index is -4.63. The summed E-state index contributed by atoms with van der Waals surface area (Å²) < 4.78 is 39.1. The second kappa shape index (κ2) is 5.90. The molecular weight excluding hydrogens is 299 g/mol. The van der Waals surface area contributed by atoms with Crippen LogP contribution in [0.15, 0.2) is 0 Å². The summed E-state index contributed by atoms with van der Waals surface area (Å²) >= 11 is 0. The standard InChI is InChI=1S/C13H16F3N5O/c1-4-5-17-10(22)6-9-7(2)18-12-19-11(13(14,15)16)20-21(12)8(9)3/h4-6H2,1-3H3,(H,17,22). The van der Waals surface area contributed by atoms with Crippen LogP contribution in [0, 0.1) is 13.8 Å². The highest BCUT2D eigenvalue weighted by molar-refractivity contribution is 5.79. The van der Waals surface area contributed by atoms with Gasteiger partial charge in [0, 0.05) is 23.5 Å². The second-order valence-electron chi connectivity index (χ2n) is 4.93. The molecule has 6 nitrogen and oxygen atoms in total. The van der Waals surface area contributed by atoms with Gasteiger partial charge < -0.3 is 5.32 Å². The van der Waals surface area contributed by atoms with E-state index in [9.17, 15) is 18.0 Å². The van der Waals surface area contributed by atoms with Gasteiger partial charge in [0.1, 0.15) is 0 Å². The number of carbonyl (C=O) groups excluding carboxylic acids is 1. The second-order valence-corrected chi connectivity index (χ2v) is 4.93. The van der Waals surface area contributed by atoms with E-state index in [4.69, 9.17) is 0 Å². The van der Waals surface area contributed by atoms with Crippen molar-refractivity contribution in [2.45, 2.75) is 39.8 Å². The summed E-state index contributed by atoms with van der Waals surface area (Å²) in [4.78, 5) is 19.2. The lowest BCUT2D eigenvalue weighted by Gasteiger charge is -2.10. The van der Waals surface area contributed by atoms with Crippen molar-refractivity contribution in [3.8, 4) is 0 Å². The van der Waals surface area contributed by atoms with Crippen molar-refractivity contribution >= 4 is 11.7 Å². The Morgan fingerprint density at radius 1 is 1.27 bits per heavy atom. The molecule has 0 atom stereocenters. The zero-order valence-corrected chi connectivity index (χ0v) is 12.5. The molecule has 0 saturated heterocycles. The molecule has 2 aromatic heterocycles. The van der Waals surface area contributed by atoms with Crippen LogP contribution in [0.1, 0.15) is 36.1 Å². The van der Waals surface area contributed by atoms with Crippen LogP contribution >= 0.6 is 0 Å². The van der Waals surface area contributed by atoms with Crippen molar-refractivity contribution in [3.05, 3.63) is 22.8 Å². The summed E-state index contributed by atoms with van der Waals surface area (Å²) in [5.41, 5.74) is 1.45. The normalized spacial score (nSPS) is 11.9. The van der Waals surface area contributed by atoms with Crippen LogP contribution in [0.3, 0.4) is 0 Å². The molecule has 1 amide bonds. The van der Waals surface area contributed by atoms with Gasteiger partial charge in [0.25, 0.3) is 11.6 Å². The molecule has 120 valence electrons. The van der Waals surface area contributed by atoms with Crippen LogP contribution in [0.2, 0.25) is 0 Å². The van der Waals surface area contributed by atoms with Gasteiger partial charge in [-0.25, -0.2) is 9.50 Å². The number of carbonyl (C=O) groups is 1. The van der Waals surface area contributed by atoms with Crippen LogP contribution in [-0.2, 0) is 17.4 Å². The first-order valence-corrected chi connectivity index (χ1v) is 6.80. The SMILES string of the molecule is CCCNC(=O)Cc1c(C)nc2nc(C(F)(F)F)nn2c1C. The largest absolute Gasteiger partial charge is 0.453 e. The number of halogens is 3. The molecule has 0 aliphatic rings. The molecule has 1 N–H and O–H groups in total. The molecule has 2 aromatic rings. The lowest BCUT2D eigenvalue weighted by molar-refractivity contribution is -0.144. The summed E-state index contributed by atoms with van der Waals surface area (Å²) in [6.07, 6.45) is -3.78. The van der Waals surface area contributed by atoms with Gasteiger partial charge in [-0.3, -0.25) is 4.79 Å². The maximum Gasteiger partial charge on any atom is 0.453 e. The molecule has 2 rings (SSSR count). The number of amides is 1. The van der Waals surface area contributed by atoms with E-state index in [2.05, 4.69) is 20.4 Å². The van der Waals surface area contributed by atoms with Gasteiger partial charge >= 0.3 is 6.18 Å². The summed E-state index contributed by atoms with van der Waals surface area (Å²) in [7, 11) is 0. The first-order chi connectivity index (χ1) is 10.2. The first kappa shape index (κ1) is 16.2. The fourth-order valence-corrected chi connectivity index (χ4v) is 2.07. The Balaban J connectivity index is 2.41. The highest BCUT2D eigenvalue weighted by Crippen LogP contribution is 2.27. The number of hydrogen-bond acceptors (Lipinski definition) is 4. The number of aryl methyl sites for hydroxylation is 2. The maximum absolute atomic E-state index is 12.7. The van der Waals surface area contributed by atoms with Crippen molar-refractivity contribution in [2.24, 2.45) is 0 Å². The van der Waals surface area contributed by atoms with Gasteiger partial charge in [-0.05, 0) is 20.3 Å². The predicted molar refractivity (Wildman–Crippen MR) is 72.3 cm³/mol. The molecule has 0 fully saturated rings. The fraction of sp³-hybridized carbons (Fsp3) is 0.538. The van der Waals surface area contributed by atoms with E-state index in [1.807, 2.05) is 6.92 Å².